The van der Waals surface area contributed by atoms with Crippen molar-refractivity contribution in [1.82, 2.24) is 4.98 Å². The molecule has 0 spiro atoms. The molecular weight excluding hydrogens is 210 g/mol. The Morgan fingerprint density at radius 2 is 1.93 bits per heavy atom. The number of pyridine rings is 1. The minimum atomic E-state index is 0.166. The van der Waals surface area contributed by atoms with E-state index < -0.39 is 0 Å². The van der Waals surface area contributed by atoms with Gasteiger partial charge in [-0.2, -0.15) is 0 Å². The minimum absolute atomic E-state index is 0.166. The van der Waals surface area contributed by atoms with Crippen molar-refractivity contribution < 1.29 is 5.11 Å². The standard InChI is InChI=1S/C12H10ClNO/c13-7-9-6-11(15)12(14-8-9)10-4-2-1-3-5-10/h1-6,8,15H,7H2. The SMILES string of the molecule is Oc1cc(CCl)cnc1-c1ccccc1. The second kappa shape index (κ2) is 4.32. The molecule has 1 aromatic carbocycles. The van der Waals surface area contributed by atoms with Gasteiger partial charge in [0, 0.05) is 17.6 Å². The normalized spacial score (nSPS) is 10.2. The van der Waals surface area contributed by atoms with Crippen molar-refractivity contribution >= 4 is 11.6 Å². The van der Waals surface area contributed by atoms with Crippen molar-refractivity contribution in [2.45, 2.75) is 5.88 Å². The average Bonchev–Trinajstić information content (AvgIpc) is 2.30. The number of halogens is 1. The first kappa shape index (κ1) is 9.99. The van der Waals surface area contributed by atoms with E-state index in [0.29, 0.717) is 11.6 Å². The van der Waals surface area contributed by atoms with Gasteiger partial charge in [0.2, 0.25) is 0 Å². The topological polar surface area (TPSA) is 33.1 Å². The van der Waals surface area contributed by atoms with Crippen LogP contribution in [0.4, 0.5) is 0 Å². The van der Waals surface area contributed by atoms with E-state index >= 15 is 0 Å². The molecule has 2 aromatic rings. The van der Waals surface area contributed by atoms with Crippen LogP contribution in [0.3, 0.4) is 0 Å². The highest BCUT2D eigenvalue weighted by atomic mass is 35.5. The van der Waals surface area contributed by atoms with Crippen molar-refractivity contribution in [2.75, 3.05) is 0 Å². The lowest BCUT2D eigenvalue weighted by atomic mass is 10.1. The van der Waals surface area contributed by atoms with Gasteiger partial charge in [0.05, 0.1) is 0 Å². The summed E-state index contributed by atoms with van der Waals surface area (Å²) in [6.07, 6.45) is 1.68. The fourth-order valence-electron chi connectivity index (χ4n) is 1.39. The van der Waals surface area contributed by atoms with E-state index in [1.165, 1.54) is 0 Å². The average molecular weight is 220 g/mol. The molecule has 0 aliphatic heterocycles. The first-order valence-corrected chi connectivity index (χ1v) is 5.14. The third-order valence-electron chi connectivity index (χ3n) is 2.13. The summed E-state index contributed by atoms with van der Waals surface area (Å²) < 4.78 is 0. The van der Waals surface area contributed by atoms with Crippen LogP contribution in [-0.4, -0.2) is 10.1 Å². The Hall–Kier alpha value is -1.54. The summed E-state index contributed by atoms with van der Waals surface area (Å²) in [5.41, 5.74) is 2.30. The van der Waals surface area contributed by atoms with Crippen molar-refractivity contribution in [3.8, 4) is 17.0 Å². The molecular formula is C12H10ClNO. The maximum atomic E-state index is 9.75. The van der Waals surface area contributed by atoms with Gasteiger partial charge in [0.1, 0.15) is 11.4 Å². The fourth-order valence-corrected chi connectivity index (χ4v) is 1.53. The molecule has 15 heavy (non-hydrogen) atoms. The first-order chi connectivity index (χ1) is 7.31. The van der Waals surface area contributed by atoms with E-state index in [-0.39, 0.29) is 5.75 Å². The molecule has 0 saturated heterocycles. The zero-order chi connectivity index (χ0) is 10.7. The van der Waals surface area contributed by atoms with Crippen molar-refractivity contribution in [1.29, 1.82) is 0 Å². The molecule has 0 amide bonds. The highest BCUT2D eigenvalue weighted by Crippen LogP contribution is 2.27. The number of aromatic nitrogens is 1. The molecule has 1 heterocycles. The van der Waals surface area contributed by atoms with Crippen LogP contribution in [0.2, 0.25) is 0 Å². The second-order valence-corrected chi connectivity index (χ2v) is 3.48. The summed E-state index contributed by atoms with van der Waals surface area (Å²) in [6, 6.07) is 11.2. The van der Waals surface area contributed by atoms with Crippen molar-refractivity contribution in [3.05, 3.63) is 48.2 Å². The smallest absolute Gasteiger partial charge is 0.142 e. The zero-order valence-electron chi connectivity index (χ0n) is 8.02. The van der Waals surface area contributed by atoms with E-state index in [4.69, 9.17) is 11.6 Å². The molecule has 0 saturated carbocycles. The maximum absolute atomic E-state index is 9.75. The molecule has 1 N–H and O–H groups in total. The predicted molar refractivity (Wildman–Crippen MR) is 60.9 cm³/mol. The third kappa shape index (κ3) is 2.10. The predicted octanol–water partition coefficient (Wildman–Crippen LogP) is 3.19. The largest absolute Gasteiger partial charge is 0.506 e. The molecule has 0 aliphatic rings. The van der Waals surface area contributed by atoms with Gasteiger partial charge in [-0.3, -0.25) is 4.98 Å². The van der Waals surface area contributed by atoms with E-state index in [1.54, 1.807) is 12.3 Å². The fraction of sp³-hybridized carbons (Fsp3) is 0.0833. The monoisotopic (exact) mass is 219 g/mol. The van der Waals surface area contributed by atoms with E-state index in [1.807, 2.05) is 30.3 Å². The summed E-state index contributed by atoms with van der Waals surface area (Å²) in [7, 11) is 0. The second-order valence-electron chi connectivity index (χ2n) is 3.21. The Balaban J connectivity index is 2.46. The molecule has 0 aliphatic carbocycles. The molecule has 0 bridgehead atoms. The van der Waals surface area contributed by atoms with Crippen LogP contribution in [0, 0.1) is 0 Å². The highest BCUT2D eigenvalue weighted by molar-refractivity contribution is 6.17. The van der Waals surface area contributed by atoms with Gasteiger partial charge in [-0.1, -0.05) is 30.3 Å². The van der Waals surface area contributed by atoms with E-state index in [9.17, 15) is 5.11 Å². The van der Waals surface area contributed by atoms with Crippen molar-refractivity contribution in [3.63, 3.8) is 0 Å². The van der Waals surface area contributed by atoms with Crippen LogP contribution >= 0.6 is 11.6 Å². The number of hydrogen-bond donors (Lipinski definition) is 1. The molecule has 1 aromatic heterocycles. The lowest BCUT2D eigenvalue weighted by Crippen LogP contribution is -1.87. The summed E-state index contributed by atoms with van der Waals surface area (Å²) in [5, 5.41) is 9.75. The van der Waals surface area contributed by atoms with Gasteiger partial charge >= 0.3 is 0 Å². The van der Waals surface area contributed by atoms with Gasteiger partial charge in [0.25, 0.3) is 0 Å². The Kier molecular flexibility index (Phi) is 2.88. The number of benzene rings is 1. The van der Waals surface area contributed by atoms with Crippen LogP contribution < -0.4 is 0 Å². The number of nitrogens with zero attached hydrogens (tertiary/aromatic N) is 1. The Morgan fingerprint density at radius 1 is 1.20 bits per heavy atom. The molecule has 2 nitrogen and oxygen atoms in total. The van der Waals surface area contributed by atoms with E-state index in [2.05, 4.69) is 4.98 Å². The van der Waals surface area contributed by atoms with Crippen LogP contribution in [0.5, 0.6) is 5.75 Å². The molecule has 2 rings (SSSR count). The Morgan fingerprint density at radius 3 is 2.53 bits per heavy atom. The van der Waals surface area contributed by atoms with Gasteiger partial charge in [-0.25, -0.2) is 0 Å². The molecule has 0 atom stereocenters. The minimum Gasteiger partial charge on any atom is -0.506 e. The third-order valence-corrected chi connectivity index (χ3v) is 2.43. The number of hydrogen-bond acceptors (Lipinski definition) is 2. The molecule has 0 unspecified atom stereocenters. The van der Waals surface area contributed by atoms with Gasteiger partial charge in [-0.15, -0.1) is 11.6 Å². The summed E-state index contributed by atoms with van der Waals surface area (Å²) >= 11 is 5.65. The Labute approximate surface area is 93.2 Å². The van der Waals surface area contributed by atoms with Crippen LogP contribution in [0.15, 0.2) is 42.6 Å². The lowest BCUT2D eigenvalue weighted by molar-refractivity contribution is 0.474. The maximum Gasteiger partial charge on any atom is 0.142 e. The van der Waals surface area contributed by atoms with Crippen LogP contribution in [-0.2, 0) is 5.88 Å². The van der Waals surface area contributed by atoms with E-state index in [0.717, 1.165) is 11.1 Å². The van der Waals surface area contributed by atoms with Crippen LogP contribution in [0.1, 0.15) is 5.56 Å². The first-order valence-electron chi connectivity index (χ1n) is 4.60. The number of aromatic hydroxyl groups is 1. The van der Waals surface area contributed by atoms with Gasteiger partial charge in [0.15, 0.2) is 0 Å². The molecule has 3 heteroatoms. The van der Waals surface area contributed by atoms with Crippen LogP contribution in [0.25, 0.3) is 11.3 Å². The number of alkyl halides is 1. The highest BCUT2D eigenvalue weighted by Gasteiger charge is 2.05. The van der Waals surface area contributed by atoms with Gasteiger partial charge in [-0.05, 0) is 11.6 Å². The quantitative estimate of drug-likeness (QED) is 0.787. The molecule has 0 radical (unpaired) electrons. The molecule has 0 fully saturated rings. The molecule has 76 valence electrons. The lowest BCUT2D eigenvalue weighted by Gasteiger charge is -2.04. The van der Waals surface area contributed by atoms with Gasteiger partial charge < -0.3 is 5.11 Å². The van der Waals surface area contributed by atoms with Crippen molar-refractivity contribution in [2.24, 2.45) is 0 Å². The summed E-state index contributed by atoms with van der Waals surface area (Å²) in [6.45, 7) is 0. The Bertz CT molecular complexity index is 456. The number of rotatable bonds is 2. The zero-order valence-corrected chi connectivity index (χ0v) is 8.78. The summed E-state index contributed by atoms with van der Waals surface area (Å²) in [4.78, 5) is 4.18. The summed E-state index contributed by atoms with van der Waals surface area (Å²) in [5.74, 6) is 0.523.